The van der Waals surface area contributed by atoms with Crippen LogP contribution in [0.25, 0.3) is 6.08 Å². The predicted octanol–water partition coefficient (Wildman–Crippen LogP) is 2.84. The second-order valence-electron chi connectivity index (χ2n) is 3.65. The van der Waals surface area contributed by atoms with Gasteiger partial charge >= 0.3 is 5.97 Å². The Labute approximate surface area is 100 Å². The third-order valence-electron chi connectivity index (χ3n) is 2.18. The fourth-order valence-corrected chi connectivity index (χ4v) is 1.35. The minimum absolute atomic E-state index is 0.341. The summed E-state index contributed by atoms with van der Waals surface area (Å²) in [6, 6.07) is 1.63. The zero-order valence-electron chi connectivity index (χ0n) is 10.1. The van der Waals surface area contributed by atoms with Crippen molar-refractivity contribution in [1.29, 1.82) is 0 Å². The smallest absolute Gasteiger partial charge is 0.341 e. The zero-order chi connectivity index (χ0) is 12.7. The van der Waals surface area contributed by atoms with Crippen molar-refractivity contribution in [2.75, 3.05) is 6.61 Å². The predicted molar refractivity (Wildman–Crippen MR) is 63.6 cm³/mol. The summed E-state index contributed by atoms with van der Waals surface area (Å²) in [5.41, 5.74) is 1.43. The molecule has 0 radical (unpaired) electrons. The molecule has 0 aliphatic rings. The molecule has 0 aliphatic carbocycles. The van der Waals surface area contributed by atoms with Crippen LogP contribution in [-0.2, 0) is 9.53 Å². The Morgan fingerprint density at radius 1 is 1.53 bits per heavy atom. The van der Waals surface area contributed by atoms with Crippen LogP contribution >= 0.6 is 0 Å². The van der Waals surface area contributed by atoms with Crippen molar-refractivity contribution < 1.29 is 18.7 Å². The van der Waals surface area contributed by atoms with Crippen molar-refractivity contribution in [2.24, 2.45) is 0 Å². The molecule has 0 fully saturated rings. The van der Waals surface area contributed by atoms with E-state index in [2.05, 4.69) is 0 Å². The first-order valence-electron chi connectivity index (χ1n) is 5.53. The lowest BCUT2D eigenvalue weighted by Crippen LogP contribution is -2.02. The molecular formula is C13H16O4. The Bertz CT molecular complexity index is 415. The SMILES string of the molecule is CCOC(=O)c1coc(/C=C(\C)CCC=O)c1. The lowest BCUT2D eigenvalue weighted by molar-refractivity contribution is -0.107. The fraction of sp³-hybridized carbons (Fsp3) is 0.385. The van der Waals surface area contributed by atoms with Crippen LogP contribution in [0.4, 0.5) is 0 Å². The number of hydrogen-bond donors (Lipinski definition) is 0. The van der Waals surface area contributed by atoms with E-state index in [4.69, 9.17) is 9.15 Å². The number of carbonyl (C=O) groups is 2. The van der Waals surface area contributed by atoms with E-state index in [1.54, 1.807) is 13.0 Å². The monoisotopic (exact) mass is 236 g/mol. The minimum Gasteiger partial charge on any atom is -0.464 e. The molecule has 0 spiro atoms. The van der Waals surface area contributed by atoms with Crippen molar-refractivity contribution >= 4 is 18.3 Å². The molecular weight excluding hydrogens is 220 g/mol. The van der Waals surface area contributed by atoms with Crippen molar-refractivity contribution in [3.63, 3.8) is 0 Å². The van der Waals surface area contributed by atoms with Crippen LogP contribution in [0.2, 0.25) is 0 Å². The first kappa shape index (κ1) is 13.2. The number of allylic oxidation sites excluding steroid dienone is 1. The molecule has 0 amide bonds. The highest BCUT2D eigenvalue weighted by Gasteiger charge is 2.09. The van der Waals surface area contributed by atoms with Gasteiger partial charge in [0.05, 0.1) is 12.2 Å². The van der Waals surface area contributed by atoms with Gasteiger partial charge in [-0.25, -0.2) is 4.79 Å². The summed E-state index contributed by atoms with van der Waals surface area (Å²) in [6.45, 7) is 4.01. The number of rotatable bonds is 6. The Balaban J connectivity index is 2.67. The van der Waals surface area contributed by atoms with E-state index in [0.717, 1.165) is 11.9 Å². The molecule has 1 aromatic rings. The lowest BCUT2D eigenvalue weighted by Gasteiger charge is -1.96. The van der Waals surface area contributed by atoms with E-state index in [1.807, 2.05) is 13.0 Å². The van der Waals surface area contributed by atoms with Crippen molar-refractivity contribution in [3.05, 3.63) is 29.2 Å². The Morgan fingerprint density at radius 3 is 2.94 bits per heavy atom. The Morgan fingerprint density at radius 2 is 2.29 bits per heavy atom. The molecule has 0 unspecified atom stereocenters. The second-order valence-corrected chi connectivity index (χ2v) is 3.65. The van der Waals surface area contributed by atoms with Crippen LogP contribution in [0.3, 0.4) is 0 Å². The number of ether oxygens (including phenoxy) is 1. The quantitative estimate of drug-likeness (QED) is 0.563. The standard InChI is InChI=1S/C13H16O4/c1-3-16-13(15)11-8-12(17-9-11)7-10(2)5-4-6-14/h6-9H,3-5H2,1-2H3/b10-7+. The number of aldehydes is 1. The van der Waals surface area contributed by atoms with Crippen LogP contribution in [0.15, 0.2) is 22.3 Å². The maximum absolute atomic E-state index is 11.4. The van der Waals surface area contributed by atoms with Gasteiger partial charge in [-0.3, -0.25) is 0 Å². The van der Waals surface area contributed by atoms with E-state index in [9.17, 15) is 9.59 Å². The van der Waals surface area contributed by atoms with Gasteiger partial charge in [-0.05, 0) is 32.4 Å². The van der Waals surface area contributed by atoms with E-state index in [-0.39, 0.29) is 5.97 Å². The summed E-state index contributed by atoms with van der Waals surface area (Å²) in [5.74, 6) is 0.206. The molecule has 0 saturated heterocycles. The molecule has 0 bridgehead atoms. The largest absolute Gasteiger partial charge is 0.464 e. The van der Waals surface area contributed by atoms with E-state index in [1.165, 1.54) is 6.26 Å². The van der Waals surface area contributed by atoms with Crippen LogP contribution in [0.5, 0.6) is 0 Å². The maximum atomic E-state index is 11.4. The lowest BCUT2D eigenvalue weighted by atomic mass is 10.1. The van der Waals surface area contributed by atoms with Crippen LogP contribution < -0.4 is 0 Å². The van der Waals surface area contributed by atoms with Crippen LogP contribution in [0.1, 0.15) is 42.8 Å². The summed E-state index contributed by atoms with van der Waals surface area (Å²) in [4.78, 5) is 21.6. The molecule has 0 atom stereocenters. The highest BCUT2D eigenvalue weighted by molar-refractivity contribution is 5.89. The molecule has 0 N–H and O–H groups in total. The van der Waals surface area contributed by atoms with Gasteiger partial charge in [0.15, 0.2) is 0 Å². The number of esters is 1. The van der Waals surface area contributed by atoms with Gasteiger partial charge < -0.3 is 13.9 Å². The summed E-state index contributed by atoms with van der Waals surface area (Å²) in [7, 11) is 0. The third-order valence-corrected chi connectivity index (χ3v) is 2.18. The molecule has 4 nitrogen and oxygen atoms in total. The normalized spacial score (nSPS) is 11.3. The number of hydrogen-bond acceptors (Lipinski definition) is 4. The first-order valence-corrected chi connectivity index (χ1v) is 5.53. The molecule has 1 rings (SSSR count). The summed E-state index contributed by atoms with van der Waals surface area (Å²) >= 11 is 0. The van der Waals surface area contributed by atoms with Gasteiger partial charge in [-0.2, -0.15) is 0 Å². The highest BCUT2D eigenvalue weighted by Crippen LogP contribution is 2.14. The average Bonchev–Trinajstić information content (AvgIpc) is 2.75. The number of carbonyl (C=O) groups excluding carboxylic acids is 2. The van der Waals surface area contributed by atoms with E-state index >= 15 is 0 Å². The molecule has 92 valence electrons. The maximum Gasteiger partial charge on any atom is 0.341 e. The van der Waals surface area contributed by atoms with E-state index < -0.39 is 0 Å². The summed E-state index contributed by atoms with van der Waals surface area (Å²) in [6.07, 6.45) is 5.25. The minimum atomic E-state index is -0.388. The van der Waals surface area contributed by atoms with Gasteiger partial charge in [0, 0.05) is 6.42 Å². The average molecular weight is 236 g/mol. The zero-order valence-corrected chi connectivity index (χ0v) is 10.1. The first-order chi connectivity index (χ1) is 8.17. The van der Waals surface area contributed by atoms with Gasteiger partial charge in [0.1, 0.15) is 18.3 Å². The van der Waals surface area contributed by atoms with Gasteiger partial charge in [0.2, 0.25) is 0 Å². The molecule has 0 aromatic carbocycles. The number of furan rings is 1. The van der Waals surface area contributed by atoms with Crippen molar-refractivity contribution in [3.8, 4) is 0 Å². The third kappa shape index (κ3) is 4.26. The van der Waals surface area contributed by atoms with Crippen molar-refractivity contribution in [2.45, 2.75) is 26.7 Å². The van der Waals surface area contributed by atoms with E-state index in [0.29, 0.717) is 30.8 Å². The summed E-state index contributed by atoms with van der Waals surface area (Å²) < 4.78 is 10.1. The van der Waals surface area contributed by atoms with Crippen LogP contribution in [0, 0.1) is 0 Å². The van der Waals surface area contributed by atoms with Gasteiger partial charge in [-0.15, -0.1) is 0 Å². The molecule has 0 aliphatic heterocycles. The van der Waals surface area contributed by atoms with Crippen molar-refractivity contribution in [1.82, 2.24) is 0 Å². The Hall–Kier alpha value is -1.84. The molecule has 0 saturated carbocycles. The highest BCUT2D eigenvalue weighted by atomic mass is 16.5. The van der Waals surface area contributed by atoms with Crippen LogP contribution in [-0.4, -0.2) is 18.9 Å². The van der Waals surface area contributed by atoms with Gasteiger partial charge in [0.25, 0.3) is 0 Å². The molecule has 1 heterocycles. The fourth-order valence-electron chi connectivity index (χ4n) is 1.35. The Kier molecular flexibility index (Phi) is 5.20. The topological polar surface area (TPSA) is 56.5 Å². The second kappa shape index (κ2) is 6.68. The molecule has 4 heteroatoms. The summed E-state index contributed by atoms with van der Waals surface area (Å²) in [5, 5.41) is 0. The molecule has 17 heavy (non-hydrogen) atoms. The van der Waals surface area contributed by atoms with Gasteiger partial charge in [-0.1, -0.05) is 5.57 Å². The molecule has 1 aromatic heterocycles.